The highest BCUT2D eigenvalue weighted by Crippen LogP contribution is 2.26. The summed E-state index contributed by atoms with van der Waals surface area (Å²) in [6.07, 6.45) is -8.51. The molecule has 1 heterocycles. The molecule has 26 heavy (non-hydrogen) atoms. The van der Waals surface area contributed by atoms with Gasteiger partial charge in [-0.25, -0.2) is 0 Å². The van der Waals surface area contributed by atoms with Gasteiger partial charge in [0.15, 0.2) is 0 Å². The Hall–Kier alpha value is -1.29. The fraction of sp³-hybridized carbons (Fsp3) is 0.562. The third-order valence-corrected chi connectivity index (χ3v) is 4.30. The van der Waals surface area contributed by atoms with Crippen molar-refractivity contribution in [2.24, 2.45) is 0 Å². The lowest BCUT2D eigenvalue weighted by Gasteiger charge is -2.40. The molecule has 1 fully saturated rings. The van der Waals surface area contributed by atoms with E-state index in [0.717, 1.165) is 5.69 Å². The summed E-state index contributed by atoms with van der Waals surface area (Å²) in [6.45, 7) is 1.21. The van der Waals surface area contributed by atoms with Crippen molar-refractivity contribution in [3.8, 4) is 5.75 Å². The molecule has 2 rings (SSSR count). The molecular formula is C16H20Cl2NO7-. The Morgan fingerprint density at radius 3 is 2.15 bits per heavy atom. The first-order valence-corrected chi connectivity index (χ1v) is 9.00. The van der Waals surface area contributed by atoms with Crippen LogP contribution in [0.3, 0.4) is 0 Å². The summed E-state index contributed by atoms with van der Waals surface area (Å²) >= 11 is 11.5. The molecular weight excluding hydrogens is 389 g/mol. The van der Waals surface area contributed by atoms with Crippen molar-refractivity contribution in [1.82, 2.24) is 0 Å². The summed E-state index contributed by atoms with van der Waals surface area (Å²) in [7, 11) is 0. The van der Waals surface area contributed by atoms with Crippen molar-refractivity contribution in [2.75, 3.05) is 29.7 Å². The van der Waals surface area contributed by atoms with Crippen molar-refractivity contribution in [1.29, 1.82) is 0 Å². The average molecular weight is 409 g/mol. The standard InChI is InChI=1S/C16H21Cl2NO7/c17-5-7-19(8-6-18)9-1-3-10(4-2-9)25-16-13(22)11(20)12(21)14(26-16)15(23)24/h1-4,11-14,16,20-22H,5-8H2,(H,23,24)/p-1/t11-,12-,13+,14-,16+/m0/s1. The topological polar surface area (TPSA) is 123 Å². The van der Waals surface area contributed by atoms with E-state index >= 15 is 0 Å². The highest BCUT2D eigenvalue weighted by molar-refractivity contribution is 6.18. The van der Waals surface area contributed by atoms with E-state index in [1.54, 1.807) is 24.3 Å². The number of nitrogens with zero attached hydrogens (tertiary/aromatic N) is 1. The Morgan fingerprint density at radius 1 is 1.08 bits per heavy atom. The van der Waals surface area contributed by atoms with Crippen LogP contribution in [0.15, 0.2) is 24.3 Å². The number of hydrogen-bond acceptors (Lipinski definition) is 8. The molecule has 0 bridgehead atoms. The molecule has 1 aromatic carbocycles. The Bertz CT molecular complexity index is 582. The molecule has 0 aromatic heterocycles. The van der Waals surface area contributed by atoms with Crippen LogP contribution in [-0.4, -0.2) is 76.8 Å². The van der Waals surface area contributed by atoms with Gasteiger partial charge < -0.3 is 39.6 Å². The Morgan fingerprint density at radius 2 is 1.65 bits per heavy atom. The fourth-order valence-electron chi connectivity index (χ4n) is 2.58. The van der Waals surface area contributed by atoms with Crippen LogP contribution < -0.4 is 14.7 Å². The fourth-order valence-corrected chi connectivity index (χ4v) is 2.99. The van der Waals surface area contributed by atoms with E-state index in [0.29, 0.717) is 24.8 Å². The summed E-state index contributed by atoms with van der Waals surface area (Å²) in [5.74, 6) is -0.579. The van der Waals surface area contributed by atoms with Crippen molar-refractivity contribution < 1.29 is 34.7 Å². The second-order valence-electron chi connectivity index (χ2n) is 5.69. The van der Waals surface area contributed by atoms with Crippen LogP contribution in [0.2, 0.25) is 0 Å². The highest BCUT2D eigenvalue weighted by Gasteiger charge is 2.45. The van der Waals surface area contributed by atoms with E-state index in [1.165, 1.54) is 0 Å². The predicted octanol–water partition coefficient (Wildman–Crippen LogP) is -1.09. The van der Waals surface area contributed by atoms with Crippen LogP contribution in [0.4, 0.5) is 5.69 Å². The van der Waals surface area contributed by atoms with E-state index in [1.807, 2.05) is 4.90 Å². The largest absolute Gasteiger partial charge is 0.547 e. The number of aliphatic hydroxyl groups is 3. The van der Waals surface area contributed by atoms with Gasteiger partial charge in [-0.3, -0.25) is 0 Å². The van der Waals surface area contributed by atoms with Gasteiger partial charge in [-0.2, -0.15) is 0 Å². The number of carbonyl (C=O) groups excluding carboxylic acids is 1. The van der Waals surface area contributed by atoms with Gasteiger partial charge in [0.25, 0.3) is 0 Å². The first-order chi connectivity index (χ1) is 12.4. The summed E-state index contributed by atoms with van der Waals surface area (Å²) in [4.78, 5) is 13.0. The monoisotopic (exact) mass is 408 g/mol. The summed E-state index contributed by atoms with van der Waals surface area (Å²) in [5.41, 5.74) is 0.854. The van der Waals surface area contributed by atoms with Gasteiger partial charge >= 0.3 is 0 Å². The minimum atomic E-state index is -1.82. The number of hydrogen-bond donors (Lipinski definition) is 3. The number of carboxylic acid groups (broad SMARTS) is 1. The molecule has 0 unspecified atom stereocenters. The van der Waals surface area contributed by atoms with Gasteiger partial charge in [0.2, 0.25) is 6.29 Å². The number of carboxylic acids is 1. The molecule has 0 radical (unpaired) electrons. The van der Waals surface area contributed by atoms with Crippen molar-refractivity contribution in [3.63, 3.8) is 0 Å². The zero-order chi connectivity index (χ0) is 19.3. The maximum absolute atomic E-state index is 11.0. The smallest absolute Gasteiger partial charge is 0.229 e. The van der Waals surface area contributed by atoms with Gasteiger partial charge in [0, 0.05) is 30.5 Å². The minimum Gasteiger partial charge on any atom is -0.547 e. The molecule has 1 aliphatic heterocycles. The summed E-state index contributed by atoms with van der Waals surface area (Å²) in [6, 6.07) is 6.66. The maximum atomic E-state index is 11.0. The third-order valence-electron chi connectivity index (χ3n) is 3.96. The van der Waals surface area contributed by atoms with Crippen molar-refractivity contribution in [2.45, 2.75) is 30.7 Å². The molecule has 0 spiro atoms. The van der Waals surface area contributed by atoms with Gasteiger partial charge in [0.05, 0.1) is 5.97 Å². The first kappa shape index (κ1) is 21.0. The minimum absolute atomic E-state index is 0.273. The number of benzene rings is 1. The Balaban J connectivity index is 2.08. The van der Waals surface area contributed by atoms with E-state index in [9.17, 15) is 25.2 Å². The normalized spacial score (nSPS) is 28.6. The second kappa shape index (κ2) is 9.59. The zero-order valence-corrected chi connectivity index (χ0v) is 15.2. The number of halogens is 2. The number of alkyl halides is 2. The molecule has 0 aliphatic carbocycles. The van der Waals surface area contributed by atoms with E-state index in [2.05, 4.69) is 0 Å². The quantitative estimate of drug-likeness (QED) is 0.463. The van der Waals surface area contributed by atoms with Crippen LogP contribution in [0.5, 0.6) is 5.75 Å². The molecule has 1 aliphatic rings. The Labute approximate surface area is 160 Å². The van der Waals surface area contributed by atoms with Gasteiger partial charge in [-0.1, -0.05) is 0 Å². The number of aliphatic hydroxyl groups excluding tert-OH is 3. The second-order valence-corrected chi connectivity index (χ2v) is 6.45. The first-order valence-electron chi connectivity index (χ1n) is 7.93. The van der Waals surface area contributed by atoms with Gasteiger partial charge in [-0.15, -0.1) is 23.2 Å². The predicted molar refractivity (Wildman–Crippen MR) is 92.4 cm³/mol. The molecule has 10 heteroatoms. The number of aliphatic carboxylic acids is 1. The van der Waals surface area contributed by atoms with Crippen molar-refractivity contribution >= 4 is 34.9 Å². The van der Waals surface area contributed by atoms with Gasteiger partial charge in [0.1, 0.15) is 30.2 Å². The molecule has 0 saturated carbocycles. The third kappa shape index (κ3) is 4.91. The van der Waals surface area contributed by atoms with Crippen molar-refractivity contribution in [3.05, 3.63) is 24.3 Å². The highest BCUT2D eigenvalue weighted by atomic mass is 35.5. The summed E-state index contributed by atoms with van der Waals surface area (Å²) in [5, 5.41) is 40.3. The molecule has 8 nitrogen and oxygen atoms in total. The van der Waals surface area contributed by atoms with Crippen LogP contribution in [-0.2, 0) is 9.53 Å². The SMILES string of the molecule is O=C([O-])[C@H]1O[C@@H](Oc2ccc(N(CCCl)CCCl)cc2)[C@H](O)[C@@H](O)[C@@H]1O. The zero-order valence-electron chi connectivity index (χ0n) is 13.7. The van der Waals surface area contributed by atoms with Gasteiger partial charge in [-0.05, 0) is 24.3 Å². The summed E-state index contributed by atoms with van der Waals surface area (Å²) < 4.78 is 10.4. The molecule has 3 N–H and O–H groups in total. The van der Waals surface area contributed by atoms with Crippen LogP contribution in [0.1, 0.15) is 0 Å². The van der Waals surface area contributed by atoms with E-state index in [4.69, 9.17) is 32.7 Å². The van der Waals surface area contributed by atoms with Crippen LogP contribution in [0.25, 0.3) is 0 Å². The lowest BCUT2D eigenvalue weighted by Crippen LogP contribution is -2.63. The van der Waals surface area contributed by atoms with Crippen LogP contribution in [0, 0.1) is 0 Å². The van der Waals surface area contributed by atoms with E-state index in [-0.39, 0.29) is 5.75 Å². The molecule has 1 aromatic rings. The Kier molecular flexibility index (Phi) is 7.75. The molecule has 1 saturated heterocycles. The average Bonchev–Trinajstić information content (AvgIpc) is 2.62. The molecule has 146 valence electrons. The maximum Gasteiger partial charge on any atom is 0.229 e. The number of anilines is 1. The van der Waals surface area contributed by atoms with Crippen LogP contribution >= 0.6 is 23.2 Å². The lowest BCUT2D eigenvalue weighted by molar-refractivity contribution is -0.342. The number of rotatable bonds is 8. The number of ether oxygens (including phenoxy) is 2. The molecule has 5 atom stereocenters. The number of carbonyl (C=O) groups is 1. The lowest BCUT2D eigenvalue weighted by atomic mass is 9.99. The molecule has 0 amide bonds. The van der Waals surface area contributed by atoms with E-state index < -0.39 is 36.7 Å².